The molecular weight excluding hydrogens is 164 g/mol. The predicted octanol–water partition coefficient (Wildman–Crippen LogP) is 2.14. The molecule has 1 aromatic carbocycles. The molecule has 0 saturated carbocycles. The van der Waals surface area contributed by atoms with E-state index in [0.29, 0.717) is 5.84 Å². The molecule has 0 saturated heterocycles. The Morgan fingerprint density at radius 2 is 2.00 bits per heavy atom. The predicted molar refractivity (Wildman–Crippen MR) is 54.1 cm³/mol. The molecule has 0 unspecified atom stereocenters. The van der Waals surface area contributed by atoms with E-state index in [0.717, 1.165) is 5.69 Å². The average Bonchev–Trinajstić information content (AvgIpc) is 2.04. The molecule has 0 fully saturated rings. The van der Waals surface area contributed by atoms with Crippen LogP contribution in [0, 0.1) is 0 Å². The van der Waals surface area contributed by atoms with Gasteiger partial charge >= 0.3 is 0 Å². The number of rotatable bonds is 2. The molecule has 0 aliphatic rings. The summed E-state index contributed by atoms with van der Waals surface area (Å²) in [5.41, 5.74) is 6.30. The molecule has 0 atom stereocenters. The Morgan fingerprint density at radius 1 is 1.38 bits per heavy atom. The molecule has 3 heteroatoms. The van der Waals surface area contributed by atoms with E-state index in [-0.39, 0.29) is 5.76 Å². The van der Waals surface area contributed by atoms with Crippen LogP contribution in [0.2, 0.25) is 0 Å². The summed E-state index contributed by atoms with van der Waals surface area (Å²) in [6, 6.07) is 9.34. The zero-order chi connectivity index (χ0) is 9.68. The van der Waals surface area contributed by atoms with Gasteiger partial charge in [-0.25, -0.2) is 4.99 Å². The lowest BCUT2D eigenvalue weighted by molar-refractivity contribution is 0.415. The summed E-state index contributed by atoms with van der Waals surface area (Å²) in [5.74, 6) is 0.448. The van der Waals surface area contributed by atoms with E-state index in [4.69, 9.17) is 10.8 Å². The zero-order valence-electron chi connectivity index (χ0n) is 7.44. The van der Waals surface area contributed by atoms with Crippen LogP contribution in [-0.4, -0.2) is 10.9 Å². The molecule has 3 N–H and O–H groups in total. The highest BCUT2D eigenvalue weighted by molar-refractivity contribution is 5.93. The van der Waals surface area contributed by atoms with E-state index in [1.807, 2.05) is 30.3 Å². The summed E-state index contributed by atoms with van der Waals surface area (Å²) < 4.78 is 0. The monoisotopic (exact) mass is 176 g/mol. The summed E-state index contributed by atoms with van der Waals surface area (Å²) in [7, 11) is 0. The zero-order valence-corrected chi connectivity index (χ0v) is 7.44. The quantitative estimate of drug-likeness (QED) is 0.412. The van der Waals surface area contributed by atoms with Gasteiger partial charge in [0, 0.05) is 6.08 Å². The molecule has 0 radical (unpaired) electrons. The highest BCUT2D eigenvalue weighted by atomic mass is 16.3. The highest BCUT2D eigenvalue weighted by Crippen LogP contribution is 2.09. The lowest BCUT2D eigenvalue weighted by Gasteiger charge is -1.94. The summed E-state index contributed by atoms with van der Waals surface area (Å²) >= 11 is 0. The standard InChI is InChI=1S/C10H12N2O/c1-8(13)7-10(11)12-9-5-3-2-4-6-9/h2-7,13H,1H3,(H2,11,12)/b8-7-. The van der Waals surface area contributed by atoms with E-state index < -0.39 is 0 Å². The van der Waals surface area contributed by atoms with Crippen molar-refractivity contribution in [2.75, 3.05) is 0 Å². The third-order valence-electron chi connectivity index (χ3n) is 1.37. The minimum Gasteiger partial charge on any atom is -0.512 e. The van der Waals surface area contributed by atoms with Crippen LogP contribution in [0.25, 0.3) is 0 Å². The van der Waals surface area contributed by atoms with Gasteiger partial charge in [0.2, 0.25) is 0 Å². The Balaban J connectivity index is 2.83. The van der Waals surface area contributed by atoms with Crippen molar-refractivity contribution >= 4 is 11.5 Å². The smallest absolute Gasteiger partial charge is 0.127 e. The summed E-state index contributed by atoms with van der Waals surface area (Å²) in [6.45, 7) is 1.55. The summed E-state index contributed by atoms with van der Waals surface area (Å²) in [5, 5.41) is 8.90. The van der Waals surface area contributed by atoms with Crippen molar-refractivity contribution in [1.29, 1.82) is 0 Å². The second-order valence-electron chi connectivity index (χ2n) is 2.66. The van der Waals surface area contributed by atoms with Crippen LogP contribution >= 0.6 is 0 Å². The fraction of sp³-hybridized carbons (Fsp3) is 0.100. The number of benzene rings is 1. The van der Waals surface area contributed by atoms with E-state index in [2.05, 4.69) is 4.99 Å². The number of amidine groups is 1. The number of allylic oxidation sites excluding steroid dienone is 1. The second kappa shape index (κ2) is 4.30. The van der Waals surface area contributed by atoms with E-state index >= 15 is 0 Å². The van der Waals surface area contributed by atoms with Crippen molar-refractivity contribution in [3.63, 3.8) is 0 Å². The number of nitrogens with two attached hydrogens (primary N) is 1. The van der Waals surface area contributed by atoms with Crippen LogP contribution in [0.1, 0.15) is 6.92 Å². The molecule has 0 aliphatic carbocycles. The van der Waals surface area contributed by atoms with Crippen LogP contribution in [0.3, 0.4) is 0 Å². The third kappa shape index (κ3) is 3.42. The topological polar surface area (TPSA) is 58.6 Å². The van der Waals surface area contributed by atoms with Crippen LogP contribution in [0.5, 0.6) is 0 Å². The third-order valence-corrected chi connectivity index (χ3v) is 1.37. The Hall–Kier alpha value is -1.77. The molecule has 0 amide bonds. The maximum absolute atomic E-state index is 8.90. The number of para-hydroxylation sites is 1. The molecule has 1 aromatic rings. The molecule has 0 bridgehead atoms. The Morgan fingerprint density at radius 3 is 2.54 bits per heavy atom. The van der Waals surface area contributed by atoms with Gasteiger partial charge in [-0.3, -0.25) is 0 Å². The van der Waals surface area contributed by atoms with Crippen molar-refractivity contribution in [3.8, 4) is 0 Å². The molecule has 1 rings (SSSR count). The number of hydrogen-bond donors (Lipinski definition) is 2. The van der Waals surface area contributed by atoms with Crippen molar-refractivity contribution in [2.24, 2.45) is 10.7 Å². The fourth-order valence-corrected chi connectivity index (χ4v) is 0.898. The lowest BCUT2D eigenvalue weighted by Crippen LogP contribution is -2.07. The van der Waals surface area contributed by atoms with Gasteiger partial charge in [0.1, 0.15) is 5.84 Å². The first kappa shape index (κ1) is 9.32. The minimum atomic E-state index is 0.150. The van der Waals surface area contributed by atoms with Gasteiger partial charge in [0.15, 0.2) is 0 Å². The first-order chi connectivity index (χ1) is 6.18. The molecular formula is C10H12N2O. The van der Waals surface area contributed by atoms with Crippen LogP contribution < -0.4 is 5.73 Å². The van der Waals surface area contributed by atoms with Gasteiger partial charge in [-0.1, -0.05) is 18.2 Å². The molecule has 0 heterocycles. The maximum Gasteiger partial charge on any atom is 0.127 e. The number of nitrogens with zero attached hydrogens (tertiary/aromatic N) is 1. The highest BCUT2D eigenvalue weighted by Gasteiger charge is 1.89. The molecule has 3 nitrogen and oxygen atoms in total. The number of aliphatic hydroxyl groups excluding tert-OH is 1. The number of hydrogen-bond acceptors (Lipinski definition) is 2. The van der Waals surface area contributed by atoms with Gasteiger partial charge in [-0.2, -0.15) is 0 Å². The van der Waals surface area contributed by atoms with Gasteiger partial charge in [-0.15, -0.1) is 0 Å². The number of aliphatic hydroxyl groups is 1. The van der Waals surface area contributed by atoms with E-state index in [1.165, 1.54) is 6.08 Å². The Kier molecular flexibility index (Phi) is 3.09. The number of aliphatic imine (C=N–C) groups is 1. The first-order valence-corrected chi connectivity index (χ1v) is 3.95. The molecule has 13 heavy (non-hydrogen) atoms. The van der Waals surface area contributed by atoms with Crippen molar-refractivity contribution in [1.82, 2.24) is 0 Å². The van der Waals surface area contributed by atoms with Crippen LogP contribution in [-0.2, 0) is 0 Å². The van der Waals surface area contributed by atoms with Gasteiger partial charge in [-0.05, 0) is 19.1 Å². The van der Waals surface area contributed by atoms with Gasteiger partial charge < -0.3 is 10.8 Å². The first-order valence-electron chi connectivity index (χ1n) is 3.95. The Bertz CT molecular complexity index is 324. The van der Waals surface area contributed by atoms with E-state index in [9.17, 15) is 0 Å². The van der Waals surface area contributed by atoms with E-state index in [1.54, 1.807) is 6.92 Å². The van der Waals surface area contributed by atoms with Crippen molar-refractivity contribution in [3.05, 3.63) is 42.2 Å². The SMILES string of the molecule is C/C(O)=C/C(N)=Nc1ccccc1. The Labute approximate surface area is 77.2 Å². The normalized spacial score (nSPS) is 13.0. The largest absolute Gasteiger partial charge is 0.512 e. The van der Waals surface area contributed by atoms with Gasteiger partial charge in [0.05, 0.1) is 11.4 Å². The molecule has 0 spiro atoms. The van der Waals surface area contributed by atoms with Crippen LogP contribution in [0.4, 0.5) is 5.69 Å². The van der Waals surface area contributed by atoms with Gasteiger partial charge in [0.25, 0.3) is 0 Å². The van der Waals surface area contributed by atoms with Crippen molar-refractivity contribution in [2.45, 2.75) is 6.92 Å². The fourth-order valence-electron chi connectivity index (χ4n) is 0.898. The lowest BCUT2D eigenvalue weighted by atomic mass is 10.3. The van der Waals surface area contributed by atoms with Crippen molar-refractivity contribution < 1.29 is 5.11 Å². The summed E-state index contributed by atoms with van der Waals surface area (Å²) in [4.78, 5) is 4.06. The molecule has 68 valence electrons. The minimum absolute atomic E-state index is 0.150. The van der Waals surface area contributed by atoms with Crippen LogP contribution in [0.15, 0.2) is 47.2 Å². The maximum atomic E-state index is 8.90. The molecule has 0 aliphatic heterocycles. The summed E-state index contributed by atoms with van der Waals surface area (Å²) in [6.07, 6.45) is 1.41. The average molecular weight is 176 g/mol. The molecule has 0 aromatic heterocycles. The second-order valence-corrected chi connectivity index (χ2v) is 2.66.